The predicted molar refractivity (Wildman–Crippen MR) is 53.8 cm³/mol. The number of likely N-dealkylation sites (tertiary alicyclic amines) is 1. The molecule has 0 atom stereocenters. The Kier molecular flexibility index (Phi) is 2.52. The number of hydrogen-bond donors (Lipinski definition) is 1. The van der Waals surface area contributed by atoms with Crippen molar-refractivity contribution >= 4 is 21.8 Å². The fourth-order valence-corrected chi connectivity index (χ4v) is 1.70. The van der Waals surface area contributed by atoms with Crippen molar-refractivity contribution in [3.05, 3.63) is 28.5 Å². The Balaban J connectivity index is 2.12. The zero-order valence-electron chi connectivity index (χ0n) is 7.35. The van der Waals surface area contributed by atoms with Crippen molar-refractivity contribution < 1.29 is 9.90 Å². The molecule has 1 aliphatic heterocycles. The van der Waals surface area contributed by atoms with Gasteiger partial charge in [0.25, 0.3) is 5.91 Å². The monoisotopic (exact) mass is 256 g/mol. The van der Waals surface area contributed by atoms with Gasteiger partial charge in [0.1, 0.15) is 0 Å². The lowest BCUT2D eigenvalue weighted by Gasteiger charge is -2.35. The number of rotatable bonds is 1. The SMILES string of the molecule is O=C(c1cncc(Br)c1)N1CC(O)C1. The summed E-state index contributed by atoms with van der Waals surface area (Å²) in [5.41, 5.74) is 0.547. The molecule has 0 bridgehead atoms. The number of carbonyl (C=O) groups excluding carboxylic acids is 1. The second kappa shape index (κ2) is 3.67. The number of nitrogens with zero attached hydrogens (tertiary/aromatic N) is 2. The van der Waals surface area contributed by atoms with Gasteiger partial charge in [0.2, 0.25) is 0 Å². The van der Waals surface area contributed by atoms with E-state index in [1.807, 2.05) is 0 Å². The number of hydrogen-bond acceptors (Lipinski definition) is 3. The highest BCUT2D eigenvalue weighted by Gasteiger charge is 2.29. The third kappa shape index (κ3) is 1.78. The molecule has 1 N–H and O–H groups in total. The number of aliphatic hydroxyl groups excluding tert-OH is 1. The molecule has 1 fully saturated rings. The van der Waals surface area contributed by atoms with Crippen molar-refractivity contribution in [2.24, 2.45) is 0 Å². The second-order valence-corrected chi connectivity index (χ2v) is 4.17. The summed E-state index contributed by atoms with van der Waals surface area (Å²) in [5.74, 6) is -0.0795. The largest absolute Gasteiger partial charge is 0.389 e. The van der Waals surface area contributed by atoms with Gasteiger partial charge in [-0.1, -0.05) is 0 Å². The number of β-amino-alcohol motifs (C(OH)–C–C–N with tert-alkyl or cyclic N) is 1. The average molecular weight is 257 g/mol. The Labute approximate surface area is 89.7 Å². The molecule has 74 valence electrons. The van der Waals surface area contributed by atoms with E-state index in [0.29, 0.717) is 18.7 Å². The third-order valence-corrected chi connectivity index (χ3v) is 2.53. The molecule has 0 saturated carbocycles. The maximum absolute atomic E-state index is 11.7. The molecule has 0 unspecified atom stereocenters. The van der Waals surface area contributed by atoms with E-state index in [2.05, 4.69) is 20.9 Å². The lowest BCUT2D eigenvalue weighted by atomic mass is 10.1. The van der Waals surface area contributed by atoms with Gasteiger partial charge in [-0.25, -0.2) is 0 Å². The average Bonchev–Trinajstić information content (AvgIpc) is 2.12. The highest BCUT2D eigenvalue weighted by atomic mass is 79.9. The summed E-state index contributed by atoms with van der Waals surface area (Å²) in [6, 6.07) is 1.72. The maximum Gasteiger partial charge on any atom is 0.255 e. The van der Waals surface area contributed by atoms with E-state index in [1.165, 1.54) is 6.20 Å². The van der Waals surface area contributed by atoms with Crippen LogP contribution >= 0.6 is 15.9 Å². The van der Waals surface area contributed by atoms with Crippen LogP contribution in [0.1, 0.15) is 10.4 Å². The van der Waals surface area contributed by atoms with Crippen LogP contribution in [0.15, 0.2) is 22.9 Å². The highest BCUT2D eigenvalue weighted by molar-refractivity contribution is 9.10. The fraction of sp³-hybridized carbons (Fsp3) is 0.333. The molecule has 0 aliphatic carbocycles. The van der Waals surface area contributed by atoms with Crippen LogP contribution in [0.25, 0.3) is 0 Å². The Morgan fingerprint density at radius 2 is 2.29 bits per heavy atom. The fourth-order valence-electron chi connectivity index (χ4n) is 1.33. The van der Waals surface area contributed by atoms with Gasteiger partial charge in [-0.15, -0.1) is 0 Å². The van der Waals surface area contributed by atoms with Crippen molar-refractivity contribution in [2.75, 3.05) is 13.1 Å². The second-order valence-electron chi connectivity index (χ2n) is 3.26. The standard InChI is InChI=1S/C9H9BrN2O2/c10-7-1-6(2-11-3-7)9(14)12-4-8(13)5-12/h1-3,8,13H,4-5H2. The van der Waals surface area contributed by atoms with Crippen molar-refractivity contribution in [3.8, 4) is 0 Å². The van der Waals surface area contributed by atoms with Crippen LogP contribution in [0.4, 0.5) is 0 Å². The number of aliphatic hydroxyl groups is 1. The van der Waals surface area contributed by atoms with Crippen LogP contribution in [-0.4, -0.2) is 40.1 Å². The van der Waals surface area contributed by atoms with E-state index in [-0.39, 0.29) is 12.0 Å². The molecule has 1 aromatic rings. The number of carbonyl (C=O) groups is 1. The minimum absolute atomic E-state index is 0.0795. The van der Waals surface area contributed by atoms with Crippen molar-refractivity contribution in [2.45, 2.75) is 6.10 Å². The first-order valence-electron chi connectivity index (χ1n) is 4.24. The molecule has 2 heterocycles. The number of amides is 1. The van der Waals surface area contributed by atoms with Gasteiger partial charge >= 0.3 is 0 Å². The van der Waals surface area contributed by atoms with Crippen LogP contribution in [0.2, 0.25) is 0 Å². The number of pyridine rings is 1. The van der Waals surface area contributed by atoms with Crippen molar-refractivity contribution in [3.63, 3.8) is 0 Å². The summed E-state index contributed by atoms with van der Waals surface area (Å²) < 4.78 is 0.782. The van der Waals surface area contributed by atoms with Crippen molar-refractivity contribution in [1.29, 1.82) is 0 Å². The zero-order chi connectivity index (χ0) is 10.1. The molecule has 1 aromatic heterocycles. The highest BCUT2D eigenvalue weighted by Crippen LogP contribution is 2.15. The first kappa shape index (κ1) is 9.61. The quantitative estimate of drug-likeness (QED) is 0.804. The summed E-state index contributed by atoms with van der Waals surface area (Å²) in [4.78, 5) is 17.2. The molecule has 0 aromatic carbocycles. The topological polar surface area (TPSA) is 53.4 Å². The summed E-state index contributed by atoms with van der Waals surface area (Å²) in [6.07, 6.45) is 2.79. The van der Waals surface area contributed by atoms with Crippen LogP contribution in [0.5, 0.6) is 0 Å². The first-order valence-corrected chi connectivity index (χ1v) is 5.04. The van der Waals surface area contributed by atoms with Gasteiger partial charge in [0.15, 0.2) is 0 Å². The summed E-state index contributed by atoms with van der Waals surface area (Å²) in [5, 5.41) is 9.05. The number of aromatic nitrogens is 1. The van der Waals surface area contributed by atoms with E-state index in [0.717, 1.165) is 4.47 Å². The zero-order valence-corrected chi connectivity index (χ0v) is 8.94. The normalized spacial score (nSPS) is 16.6. The molecule has 5 heteroatoms. The summed E-state index contributed by atoms with van der Waals surface area (Å²) in [6.45, 7) is 0.844. The molecule has 1 amide bonds. The minimum atomic E-state index is -0.362. The Bertz CT molecular complexity index is 364. The Morgan fingerprint density at radius 3 is 2.86 bits per heavy atom. The Morgan fingerprint density at radius 1 is 1.57 bits per heavy atom. The maximum atomic E-state index is 11.7. The molecule has 14 heavy (non-hydrogen) atoms. The predicted octanol–water partition coefficient (Wildman–Crippen LogP) is 0.661. The van der Waals surface area contributed by atoms with Crippen LogP contribution in [0.3, 0.4) is 0 Å². The van der Waals surface area contributed by atoms with E-state index in [4.69, 9.17) is 5.11 Å². The van der Waals surface area contributed by atoms with Gasteiger partial charge in [0.05, 0.1) is 11.7 Å². The summed E-state index contributed by atoms with van der Waals surface area (Å²) >= 11 is 3.25. The van der Waals surface area contributed by atoms with E-state index >= 15 is 0 Å². The van der Waals surface area contributed by atoms with E-state index in [9.17, 15) is 4.79 Å². The minimum Gasteiger partial charge on any atom is -0.389 e. The molecule has 1 saturated heterocycles. The molecule has 0 radical (unpaired) electrons. The first-order chi connectivity index (χ1) is 6.66. The molecule has 4 nitrogen and oxygen atoms in total. The van der Waals surface area contributed by atoms with Gasteiger partial charge < -0.3 is 10.0 Å². The molecular formula is C9H9BrN2O2. The van der Waals surface area contributed by atoms with Crippen LogP contribution in [-0.2, 0) is 0 Å². The van der Waals surface area contributed by atoms with Gasteiger partial charge in [-0.2, -0.15) is 0 Å². The Hall–Kier alpha value is -0.940. The van der Waals surface area contributed by atoms with Gasteiger partial charge in [0, 0.05) is 30.0 Å². The lowest BCUT2D eigenvalue weighted by Crippen LogP contribution is -2.53. The van der Waals surface area contributed by atoms with E-state index < -0.39 is 0 Å². The summed E-state index contributed by atoms with van der Waals surface area (Å²) in [7, 11) is 0. The van der Waals surface area contributed by atoms with Gasteiger partial charge in [-0.3, -0.25) is 9.78 Å². The number of halogens is 1. The smallest absolute Gasteiger partial charge is 0.255 e. The third-order valence-electron chi connectivity index (χ3n) is 2.10. The molecule has 2 rings (SSSR count). The molecular weight excluding hydrogens is 248 g/mol. The van der Waals surface area contributed by atoms with E-state index in [1.54, 1.807) is 17.2 Å². The van der Waals surface area contributed by atoms with Crippen LogP contribution in [0, 0.1) is 0 Å². The molecule has 1 aliphatic rings. The van der Waals surface area contributed by atoms with Crippen LogP contribution < -0.4 is 0 Å². The van der Waals surface area contributed by atoms with Gasteiger partial charge in [-0.05, 0) is 22.0 Å². The lowest BCUT2D eigenvalue weighted by molar-refractivity contribution is 0.00586. The molecule has 0 spiro atoms. The van der Waals surface area contributed by atoms with Crippen molar-refractivity contribution in [1.82, 2.24) is 9.88 Å².